The Labute approximate surface area is 145 Å². The molecule has 2 aliphatic rings. The highest BCUT2D eigenvalue weighted by atomic mass is 14.3. The summed E-state index contributed by atoms with van der Waals surface area (Å²) in [5, 5.41) is 0.420. The Morgan fingerprint density at radius 2 is 0.636 bits per heavy atom. The van der Waals surface area contributed by atoms with Crippen LogP contribution in [0.2, 0.25) is 0 Å². The molecule has 0 atom stereocenters. The van der Waals surface area contributed by atoms with Crippen molar-refractivity contribution in [3.63, 3.8) is 0 Å². The molecule has 0 saturated heterocycles. The Hall–Kier alpha value is -2.86. The second kappa shape index (κ2) is 3.48. The fourth-order valence-electron chi connectivity index (χ4n) is 3.38. The molecule has 0 heteroatoms. The van der Waals surface area contributed by atoms with Gasteiger partial charge >= 0.3 is 0 Å². The predicted molar refractivity (Wildman–Crippen MR) is 92.8 cm³/mol. The van der Waals surface area contributed by atoms with Crippen LogP contribution in [0.1, 0.15) is 16.4 Å². The third-order valence-electron chi connectivity index (χ3n) is 4.25. The second-order valence-electron chi connectivity index (χ2n) is 5.25. The van der Waals surface area contributed by atoms with E-state index in [4.69, 9.17) is 16.4 Å². The highest BCUT2D eigenvalue weighted by Crippen LogP contribution is 2.55. The topological polar surface area (TPSA) is 0 Å². The Bertz CT molecular complexity index is 1470. The van der Waals surface area contributed by atoms with Crippen molar-refractivity contribution in [3.05, 3.63) is 72.5 Å². The van der Waals surface area contributed by atoms with Gasteiger partial charge in [-0.3, -0.25) is 0 Å². The maximum absolute atomic E-state index is 8.75. The van der Waals surface area contributed by atoms with Crippen molar-refractivity contribution >= 4 is 10.8 Å². The quantitative estimate of drug-likeness (QED) is 0.315. The van der Waals surface area contributed by atoms with Crippen LogP contribution in [0.3, 0.4) is 0 Å². The molecule has 0 heterocycles. The molecule has 0 aromatic heterocycles. The van der Waals surface area contributed by atoms with Crippen LogP contribution in [0.15, 0.2) is 72.5 Å². The van der Waals surface area contributed by atoms with Crippen molar-refractivity contribution in [3.8, 4) is 44.5 Å². The lowest BCUT2D eigenvalue weighted by Crippen LogP contribution is -1.78. The average molecular weight is 288 g/mol. The molecule has 0 spiro atoms. The van der Waals surface area contributed by atoms with Crippen LogP contribution in [0.5, 0.6) is 0 Å². The predicted octanol–water partition coefficient (Wildman–Crippen LogP) is 6.13. The van der Waals surface area contributed by atoms with Crippen molar-refractivity contribution < 1.29 is 16.4 Å². The minimum atomic E-state index is -0.518. The lowest BCUT2D eigenvalue weighted by atomic mass is 9.97. The van der Waals surface area contributed by atoms with Crippen LogP contribution in [0.25, 0.3) is 55.3 Å². The molecule has 0 aliphatic heterocycles. The normalized spacial score (nSPS) is 20.2. The van der Waals surface area contributed by atoms with E-state index in [0.29, 0.717) is 0 Å². The molecular formula is C22H12. The molecule has 100 valence electrons. The fourth-order valence-corrected chi connectivity index (χ4v) is 3.38. The summed E-state index contributed by atoms with van der Waals surface area (Å²) in [4.78, 5) is 0. The number of rotatable bonds is 0. The lowest BCUT2D eigenvalue weighted by Gasteiger charge is -2.05. The molecule has 0 bridgehead atoms. The zero-order chi connectivity index (χ0) is 24.7. The first-order valence-corrected chi connectivity index (χ1v) is 6.75. The monoisotopic (exact) mass is 288 g/mol. The Balaban J connectivity index is 1.99. The molecule has 0 amide bonds. The van der Waals surface area contributed by atoms with Crippen molar-refractivity contribution in [2.45, 2.75) is 0 Å². The summed E-state index contributed by atoms with van der Waals surface area (Å²) < 4.78 is 101. The van der Waals surface area contributed by atoms with Crippen LogP contribution < -0.4 is 0 Å². The van der Waals surface area contributed by atoms with Crippen LogP contribution in [0, 0.1) is 0 Å². The third kappa shape index (κ3) is 1.05. The molecule has 0 unspecified atom stereocenters. The van der Waals surface area contributed by atoms with E-state index in [1.165, 1.54) is 0 Å². The van der Waals surface area contributed by atoms with Crippen LogP contribution in [0.4, 0.5) is 0 Å². The van der Waals surface area contributed by atoms with Gasteiger partial charge in [-0.05, 0) is 55.3 Å². The summed E-state index contributed by atoms with van der Waals surface area (Å²) in [6.07, 6.45) is 0. The van der Waals surface area contributed by atoms with E-state index >= 15 is 0 Å². The largest absolute Gasteiger partial charge is 0.0630 e. The van der Waals surface area contributed by atoms with Gasteiger partial charge in [-0.1, -0.05) is 72.5 Å². The molecule has 0 fully saturated rings. The molecule has 0 saturated carbocycles. The molecule has 6 rings (SSSR count). The molecule has 4 aromatic rings. The lowest BCUT2D eigenvalue weighted by molar-refractivity contribution is 1.67. The molecule has 22 heavy (non-hydrogen) atoms. The molecule has 0 radical (unpaired) electrons. The smallest absolute Gasteiger partial charge is 0.0616 e. The fraction of sp³-hybridized carbons (Fsp3) is 0. The van der Waals surface area contributed by atoms with Gasteiger partial charge in [0.25, 0.3) is 0 Å². The number of hydrogen-bond acceptors (Lipinski definition) is 0. The van der Waals surface area contributed by atoms with Crippen molar-refractivity contribution in [2.75, 3.05) is 0 Å². The van der Waals surface area contributed by atoms with Gasteiger partial charge in [-0.25, -0.2) is 0 Å². The van der Waals surface area contributed by atoms with E-state index in [1.807, 2.05) is 0 Å². The van der Waals surface area contributed by atoms with E-state index in [1.54, 1.807) is 0 Å². The van der Waals surface area contributed by atoms with E-state index < -0.39 is 48.3 Å². The maximum atomic E-state index is 8.75. The number of fused-ring (bicyclic) bond motifs is 6. The first-order chi connectivity index (χ1) is 15.9. The number of hydrogen-bond donors (Lipinski definition) is 0. The van der Waals surface area contributed by atoms with Gasteiger partial charge in [-0.15, -0.1) is 0 Å². The van der Waals surface area contributed by atoms with E-state index in [2.05, 4.69) is 0 Å². The summed E-state index contributed by atoms with van der Waals surface area (Å²) in [6, 6.07) is -5.19. The minimum absolute atomic E-state index is 0.00777. The standard InChI is InChI=1S/C22H12/c1-2-6-14-13(5-1)17-9-10-19-15-7-3-4-8-16(15)20-12-11-18(14)21(17)22(19)20/h1-12H/i1D,2D,3D,4D,5D,6D,7D,8D,9D,10D,11D,12D. The first-order valence-electron chi connectivity index (χ1n) is 12.8. The second-order valence-corrected chi connectivity index (χ2v) is 5.25. The Morgan fingerprint density at radius 3 is 0.909 bits per heavy atom. The summed E-state index contributed by atoms with van der Waals surface area (Å²) in [7, 11) is 0. The zero-order valence-corrected chi connectivity index (χ0v) is 11.0. The van der Waals surface area contributed by atoms with Gasteiger partial charge < -0.3 is 0 Å². The Kier molecular flexibility index (Phi) is 0.762. The summed E-state index contributed by atoms with van der Waals surface area (Å²) in [6.45, 7) is 0. The highest BCUT2D eigenvalue weighted by molar-refractivity contribution is 6.26. The summed E-state index contributed by atoms with van der Waals surface area (Å²) in [5.74, 6) is 0. The number of benzene rings is 4. The van der Waals surface area contributed by atoms with E-state index in [9.17, 15) is 0 Å². The van der Waals surface area contributed by atoms with Crippen LogP contribution in [-0.4, -0.2) is 0 Å². The minimum Gasteiger partial charge on any atom is -0.0616 e. The molecule has 2 aliphatic carbocycles. The van der Waals surface area contributed by atoms with Gasteiger partial charge in [-0.2, -0.15) is 0 Å². The van der Waals surface area contributed by atoms with Crippen LogP contribution in [-0.2, 0) is 0 Å². The summed E-state index contributed by atoms with van der Waals surface area (Å²) in [5.41, 5.74) is 0.186. The van der Waals surface area contributed by atoms with Gasteiger partial charge in [0.2, 0.25) is 0 Å². The van der Waals surface area contributed by atoms with Gasteiger partial charge in [0, 0.05) is 0 Å². The average Bonchev–Trinajstić information content (AvgIpc) is 3.35. The van der Waals surface area contributed by atoms with E-state index in [-0.39, 0.29) is 79.4 Å². The molecular weight excluding hydrogens is 264 g/mol. The van der Waals surface area contributed by atoms with Gasteiger partial charge in [0.05, 0.1) is 16.4 Å². The van der Waals surface area contributed by atoms with Gasteiger partial charge in [0.15, 0.2) is 0 Å². The van der Waals surface area contributed by atoms with Crippen molar-refractivity contribution in [1.29, 1.82) is 0 Å². The van der Waals surface area contributed by atoms with Crippen molar-refractivity contribution in [1.82, 2.24) is 0 Å². The molecule has 0 N–H and O–H groups in total. The third-order valence-corrected chi connectivity index (χ3v) is 4.25. The summed E-state index contributed by atoms with van der Waals surface area (Å²) >= 11 is 0. The van der Waals surface area contributed by atoms with Gasteiger partial charge in [0.1, 0.15) is 0 Å². The molecule has 0 nitrogen and oxygen atoms in total. The highest BCUT2D eigenvalue weighted by Gasteiger charge is 2.28. The first kappa shape index (κ1) is 4.82. The van der Waals surface area contributed by atoms with Crippen LogP contribution >= 0.6 is 0 Å². The van der Waals surface area contributed by atoms with E-state index in [0.717, 1.165) is 0 Å². The maximum Gasteiger partial charge on any atom is 0.0630 e. The Morgan fingerprint density at radius 1 is 0.364 bits per heavy atom. The SMILES string of the molecule is [2H]c1c([2H])c([2H])c2c(c1[2H])-c1c([2H])c([2H])c3c4c(c([2H])c([2H])c-2c14)-c1c([2H])c([2H])c([2H])c([2H])c1-3. The molecule has 4 aromatic carbocycles. The zero-order valence-electron chi connectivity index (χ0n) is 23.0. The van der Waals surface area contributed by atoms with Crippen molar-refractivity contribution in [2.24, 2.45) is 0 Å².